The van der Waals surface area contributed by atoms with Gasteiger partial charge < -0.3 is 14.4 Å². The third kappa shape index (κ3) is 6.57. The summed E-state index contributed by atoms with van der Waals surface area (Å²) >= 11 is 0. The highest BCUT2D eigenvalue weighted by Crippen LogP contribution is 2.52. The Morgan fingerprint density at radius 1 is 0.932 bits per heavy atom. The van der Waals surface area contributed by atoms with E-state index in [1.54, 1.807) is 23.5 Å². The average Bonchev–Trinajstić information content (AvgIpc) is 3.02. The van der Waals surface area contributed by atoms with Crippen LogP contribution < -0.4 is 4.74 Å². The fourth-order valence-electron chi connectivity index (χ4n) is 8.05. The Morgan fingerprint density at radius 2 is 1.57 bits per heavy atom. The molecule has 2 heterocycles. The van der Waals surface area contributed by atoms with Crippen LogP contribution in [0.15, 0.2) is 47.4 Å². The van der Waals surface area contributed by atoms with Crippen molar-refractivity contribution in [2.75, 3.05) is 54.1 Å². The van der Waals surface area contributed by atoms with Crippen molar-refractivity contribution in [3.63, 3.8) is 0 Å². The van der Waals surface area contributed by atoms with E-state index in [0.29, 0.717) is 33.7 Å². The van der Waals surface area contributed by atoms with E-state index in [1.165, 1.54) is 18.4 Å². The largest absolute Gasteiger partial charge is 0.497 e. The highest BCUT2D eigenvalue weighted by molar-refractivity contribution is 7.89. The molecule has 3 aliphatic rings. The van der Waals surface area contributed by atoms with Crippen LogP contribution in [0.1, 0.15) is 74.5 Å². The van der Waals surface area contributed by atoms with Gasteiger partial charge in [0.25, 0.3) is 0 Å². The first-order chi connectivity index (χ1) is 21.0. The third-order valence-electron chi connectivity index (χ3n) is 10.8. The number of carbonyl (C=O) groups excluding carboxylic acids is 1. The van der Waals surface area contributed by atoms with Gasteiger partial charge in [0.15, 0.2) is 0 Å². The topological polar surface area (TPSA) is 79.4 Å². The van der Waals surface area contributed by atoms with Crippen molar-refractivity contribution < 1.29 is 22.7 Å². The fourth-order valence-corrected chi connectivity index (χ4v) is 10.1. The van der Waals surface area contributed by atoms with Crippen LogP contribution in [0.25, 0.3) is 0 Å². The summed E-state index contributed by atoms with van der Waals surface area (Å²) < 4.78 is 40.6. The van der Waals surface area contributed by atoms with Gasteiger partial charge in [0.2, 0.25) is 15.9 Å². The van der Waals surface area contributed by atoms with E-state index in [4.69, 9.17) is 9.47 Å². The number of methoxy groups -OCH3 is 1. The fraction of sp³-hybridized carbons (Fsp3) is 0.629. The molecule has 242 valence electrons. The highest BCUT2D eigenvalue weighted by atomic mass is 32.2. The van der Waals surface area contributed by atoms with E-state index in [9.17, 15) is 13.2 Å². The van der Waals surface area contributed by atoms with Crippen LogP contribution >= 0.6 is 0 Å². The Labute approximate surface area is 264 Å². The maximum absolute atomic E-state index is 13.8. The smallest absolute Gasteiger partial charge is 0.248 e. The highest BCUT2D eigenvalue weighted by Gasteiger charge is 2.46. The van der Waals surface area contributed by atoms with Gasteiger partial charge in [0.05, 0.1) is 18.6 Å². The molecule has 44 heavy (non-hydrogen) atoms. The summed E-state index contributed by atoms with van der Waals surface area (Å²) in [6, 6.07) is 14.2. The summed E-state index contributed by atoms with van der Waals surface area (Å²) in [6.45, 7) is 5.84. The molecular weight excluding hydrogens is 574 g/mol. The first kappa shape index (κ1) is 32.9. The number of carbonyl (C=O) groups is 1. The van der Waals surface area contributed by atoms with E-state index in [1.807, 2.05) is 18.7 Å². The molecular formula is C35H51N3O5S. The molecule has 3 fully saturated rings. The Bertz CT molecular complexity index is 1370. The predicted octanol–water partition coefficient (Wildman–Crippen LogP) is 5.51. The molecule has 1 unspecified atom stereocenters. The number of rotatable bonds is 9. The molecule has 0 radical (unpaired) electrons. The van der Waals surface area contributed by atoms with Gasteiger partial charge in [0.1, 0.15) is 12.4 Å². The van der Waals surface area contributed by atoms with E-state index in [-0.39, 0.29) is 30.7 Å². The number of amides is 1. The van der Waals surface area contributed by atoms with Crippen molar-refractivity contribution in [1.29, 1.82) is 0 Å². The van der Waals surface area contributed by atoms with Gasteiger partial charge in [-0.25, -0.2) is 8.42 Å². The summed E-state index contributed by atoms with van der Waals surface area (Å²) in [5.74, 6) is 0.659. The lowest BCUT2D eigenvalue weighted by atomic mass is 9.61. The number of benzene rings is 2. The molecule has 0 N–H and O–H groups in total. The molecule has 1 amide bonds. The van der Waals surface area contributed by atoms with Crippen LogP contribution in [-0.2, 0) is 25.1 Å². The van der Waals surface area contributed by atoms with Crippen molar-refractivity contribution in [3.05, 3.63) is 59.2 Å². The summed E-state index contributed by atoms with van der Waals surface area (Å²) in [7, 11) is 2.28. The minimum absolute atomic E-state index is 0.00424. The Kier molecular flexibility index (Phi) is 10.1. The number of hydrogen-bond acceptors (Lipinski definition) is 6. The number of aryl methyl sites for hydroxylation is 2. The van der Waals surface area contributed by atoms with Crippen LogP contribution in [0.2, 0.25) is 0 Å². The molecule has 0 aromatic heterocycles. The van der Waals surface area contributed by atoms with Gasteiger partial charge in [-0.1, -0.05) is 36.8 Å². The zero-order valence-electron chi connectivity index (χ0n) is 27.3. The van der Waals surface area contributed by atoms with E-state index in [2.05, 4.69) is 49.3 Å². The molecule has 0 bridgehead atoms. The zero-order chi connectivity index (χ0) is 31.5. The molecule has 1 saturated carbocycles. The molecule has 1 aliphatic carbocycles. The number of nitrogens with zero attached hydrogens (tertiary/aromatic N) is 3. The van der Waals surface area contributed by atoms with E-state index >= 15 is 0 Å². The van der Waals surface area contributed by atoms with E-state index < -0.39 is 10.0 Å². The molecule has 9 heteroatoms. The minimum atomic E-state index is -3.72. The second-order valence-electron chi connectivity index (χ2n) is 13.5. The SMILES string of the molecule is COc1cc(C)c(S(=O)(=O)N2CCCCC2COCC(=O)N2CCC3(CC2)CCC(c2ccccc2)(N(C)C)CC3)c(C)c1. The summed E-state index contributed by atoms with van der Waals surface area (Å²) in [5, 5.41) is 0. The van der Waals surface area contributed by atoms with Gasteiger partial charge in [-0.3, -0.25) is 9.69 Å². The Balaban J connectivity index is 1.14. The number of piperidine rings is 2. The first-order valence-corrected chi connectivity index (χ1v) is 17.7. The predicted molar refractivity (Wildman–Crippen MR) is 173 cm³/mol. The molecule has 1 spiro atoms. The number of hydrogen-bond donors (Lipinski definition) is 0. The summed E-state index contributed by atoms with van der Waals surface area (Å²) in [4.78, 5) is 17.9. The van der Waals surface area contributed by atoms with Crippen LogP contribution in [0, 0.1) is 19.3 Å². The van der Waals surface area contributed by atoms with Crippen LogP contribution in [-0.4, -0.2) is 88.5 Å². The van der Waals surface area contributed by atoms with Crippen molar-refractivity contribution in [2.24, 2.45) is 5.41 Å². The lowest BCUT2D eigenvalue weighted by Crippen LogP contribution is -2.51. The van der Waals surface area contributed by atoms with Gasteiger partial charge in [0, 0.05) is 31.2 Å². The lowest BCUT2D eigenvalue weighted by molar-refractivity contribution is -0.139. The number of ether oxygens (including phenoxy) is 2. The van der Waals surface area contributed by atoms with Crippen molar-refractivity contribution >= 4 is 15.9 Å². The van der Waals surface area contributed by atoms with Crippen molar-refractivity contribution in [3.8, 4) is 5.75 Å². The second kappa shape index (κ2) is 13.5. The van der Waals surface area contributed by atoms with Gasteiger partial charge in [-0.05, 0) is 114 Å². The van der Waals surface area contributed by atoms with Crippen LogP contribution in [0.3, 0.4) is 0 Å². The molecule has 8 nitrogen and oxygen atoms in total. The Morgan fingerprint density at radius 3 is 2.16 bits per heavy atom. The monoisotopic (exact) mass is 625 g/mol. The van der Waals surface area contributed by atoms with Crippen LogP contribution in [0.5, 0.6) is 5.75 Å². The summed E-state index contributed by atoms with van der Waals surface area (Å²) in [6.07, 6.45) is 9.19. The maximum atomic E-state index is 13.8. The molecule has 2 aromatic rings. The van der Waals surface area contributed by atoms with Crippen LogP contribution in [0.4, 0.5) is 0 Å². The van der Waals surface area contributed by atoms with E-state index in [0.717, 1.165) is 58.0 Å². The average molecular weight is 626 g/mol. The van der Waals surface area contributed by atoms with Gasteiger partial charge >= 0.3 is 0 Å². The normalized spacial score (nSPS) is 22.3. The molecule has 1 atom stereocenters. The molecule has 5 rings (SSSR count). The number of likely N-dealkylation sites (tertiary alicyclic amines) is 1. The van der Waals surface area contributed by atoms with Gasteiger partial charge in [-0.2, -0.15) is 4.31 Å². The van der Waals surface area contributed by atoms with Gasteiger partial charge in [-0.15, -0.1) is 0 Å². The first-order valence-electron chi connectivity index (χ1n) is 16.3. The molecule has 2 saturated heterocycles. The Hall–Kier alpha value is -2.46. The zero-order valence-corrected chi connectivity index (χ0v) is 28.1. The summed E-state index contributed by atoms with van der Waals surface area (Å²) in [5.41, 5.74) is 3.15. The minimum Gasteiger partial charge on any atom is -0.497 e. The second-order valence-corrected chi connectivity index (χ2v) is 15.4. The van der Waals surface area contributed by atoms with Crippen molar-refractivity contribution in [1.82, 2.24) is 14.1 Å². The lowest BCUT2D eigenvalue weighted by Gasteiger charge is -2.52. The third-order valence-corrected chi connectivity index (χ3v) is 13.1. The van der Waals surface area contributed by atoms with Crippen molar-refractivity contribution in [2.45, 2.75) is 88.1 Å². The maximum Gasteiger partial charge on any atom is 0.248 e. The number of sulfonamides is 1. The molecule has 2 aliphatic heterocycles. The quantitative estimate of drug-likeness (QED) is 0.366. The standard InChI is InChI=1S/C35H51N3O5S/c1-27-23-31(42-5)24-28(2)33(27)44(40,41)38-20-10-9-13-30(38)25-43-26-32(39)37-21-18-34(19-22-37)14-16-35(17-15-34,36(3)4)29-11-7-6-8-12-29/h6-8,11-12,23-24,30H,9-10,13-22,25-26H2,1-5H3. The molecule has 2 aromatic carbocycles.